The van der Waals surface area contributed by atoms with Crippen molar-refractivity contribution < 1.29 is 18.7 Å². The summed E-state index contributed by atoms with van der Waals surface area (Å²) < 4.78 is 25.5. The fraction of sp³-hybridized carbons (Fsp3) is 0.350. The molecular weight excluding hydrogens is 401 g/mol. The second-order valence-electron chi connectivity index (χ2n) is 6.58. The molecule has 4 nitrogen and oxygen atoms in total. The minimum Gasteiger partial charge on any atom is -0.490 e. The standard InChI is InChI=1S/C20H21BrFNO3/c1-12(2)19(23-20(24)15-11-14(22)5-6-16(15)21)13-4-7-17-18(10-13)26-9-3-8-25-17/h4-7,10-12,19H,3,8-9H2,1-2H3,(H,23,24). The van der Waals surface area contributed by atoms with Crippen molar-refractivity contribution in [2.75, 3.05) is 13.2 Å². The number of carbonyl (C=O) groups is 1. The second-order valence-corrected chi connectivity index (χ2v) is 7.43. The molecule has 2 aromatic carbocycles. The monoisotopic (exact) mass is 421 g/mol. The molecule has 1 aliphatic heterocycles. The number of carbonyl (C=O) groups excluding carboxylic acids is 1. The molecule has 1 aliphatic rings. The molecule has 1 N–H and O–H groups in total. The summed E-state index contributed by atoms with van der Waals surface area (Å²) >= 11 is 3.31. The number of nitrogens with one attached hydrogen (secondary N) is 1. The van der Waals surface area contributed by atoms with Gasteiger partial charge in [-0.3, -0.25) is 4.79 Å². The lowest BCUT2D eigenvalue weighted by Gasteiger charge is -2.24. The first kappa shape index (κ1) is 18.7. The van der Waals surface area contributed by atoms with Crippen molar-refractivity contribution in [1.82, 2.24) is 5.32 Å². The van der Waals surface area contributed by atoms with Crippen LogP contribution in [0.1, 0.15) is 42.2 Å². The lowest BCUT2D eigenvalue weighted by atomic mass is 9.95. The summed E-state index contributed by atoms with van der Waals surface area (Å²) in [5.74, 6) is 0.757. The van der Waals surface area contributed by atoms with Crippen LogP contribution in [0.3, 0.4) is 0 Å². The number of fused-ring (bicyclic) bond motifs is 1. The highest BCUT2D eigenvalue weighted by molar-refractivity contribution is 9.10. The molecule has 0 fully saturated rings. The van der Waals surface area contributed by atoms with Gasteiger partial charge in [0.05, 0.1) is 24.8 Å². The van der Waals surface area contributed by atoms with Crippen LogP contribution in [0.2, 0.25) is 0 Å². The summed E-state index contributed by atoms with van der Waals surface area (Å²) in [5, 5.41) is 3.01. The van der Waals surface area contributed by atoms with Crippen molar-refractivity contribution in [3.63, 3.8) is 0 Å². The predicted octanol–water partition coefficient (Wildman–Crippen LogP) is 4.88. The maximum Gasteiger partial charge on any atom is 0.253 e. The van der Waals surface area contributed by atoms with Gasteiger partial charge in [0, 0.05) is 10.9 Å². The Bertz CT molecular complexity index is 810. The molecule has 1 heterocycles. The summed E-state index contributed by atoms with van der Waals surface area (Å²) in [6.45, 7) is 5.28. The maximum absolute atomic E-state index is 13.5. The Morgan fingerprint density at radius 2 is 1.85 bits per heavy atom. The Hall–Kier alpha value is -2.08. The van der Waals surface area contributed by atoms with Crippen LogP contribution in [-0.2, 0) is 0 Å². The van der Waals surface area contributed by atoms with E-state index in [-0.39, 0.29) is 23.4 Å². The maximum atomic E-state index is 13.5. The van der Waals surface area contributed by atoms with Crippen LogP contribution in [0.4, 0.5) is 4.39 Å². The van der Waals surface area contributed by atoms with Gasteiger partial charge in [0.2, 0.25) is 0 Å². The first-order chi connectivity index (χ1) is 12.5. The van der Waals surface area contributed by atoms with Gasteiger partial charge in [-0.05, 0) is 57.7 Å². The minimum atomic E-state index is -0.449. The molecule has 0 spiro atoms. The molecule has 0 aliphatic carbocycles. The van der Waals surface area contributed by atoms with Gasteiger partial charge >= 0.3 is 0 Å². The van der Waals surface area contributed by atoms with Crippen LogP contribution in [0, 0.1) is 11.7 Å². The van der Waals surface area contributed by atoms with Crippen molar-refractivity contribution in [2.24, 2.45) is 5.92 Å². The Morgan fingerprint density at radius 3 is 2.58 bits per heavy atom. The quantitative estimate of drug-likeness (QED) is 0.765. The molecule has 1 unspecified atom stereocenters. The molecule has 1 amide bonds. The van der Waals surface area contributed by atoms with E-state index in [1.165, 1.54) is 18.2 Å². The molecule has 0 radical (unpaired) electrons. The summed E-state index contributed by atoms with van der Waals surface area (Å²) in [6, 6.07) is 9.54. The van der Waals surface area contributed by atoms with Gasteiger partial charge in [-0.2, -0.15) is 0 Å². The van der Waals surface area contributed by atoms with E-state index in [1.807, 2.05) is 32.0 Å². The molecular formula is C20H21BrFNO3. The van der Waals surface area contributed by atoms with Crippen LogP contribution < -0.4 is 14.8 Å². The van der Waals surface area contributed by atoms with E-state index in [0.29, 0.717) is 29.2 Å². The van der Waals surface area contributed by atoms with E-state index in [1.54, 1.807) is 0 Å². The molecule has 0 aromatic heterocycles. The van der Waals surface area contributed by atoms with Gasteiger partial charge in [0.15, 0.2) is 11.5 Å². The third-order valence-corrected chi connectivity index (χ3v) is 4.95. The summed E-state index contributed by atoms with van der Waals surface area (Å²) in [5.41, 5.74) is 1.19. The van der Waals surface area contributed by atoms with Gasteiger partial charge in [-0.1, -0.05) is 19.9 Å². The largest absolute Gasteiger partial charge is 0.490 e. The zero-order valence-corrected chi connectivity index (χ0v) is 16.3. The van der Waals surface area contributed by atoms with Crippen LogP contribution >= 0.6 is 15.9 Å². The van der Waals surface area contributed by atoms with Crippen LogP contribution in [0.5, 0.6) is 11.5 Å². The van der Waals surface area contributed by atoms with Gasteiger partial charge in [-0.15, -0.1) is 0 Å². The van der Waals surface area contributed by atoms with E-state index in [2.05, 4.69) is 21.2 Å². The van der Waals surface area contributed by atoms with Crippen LogP contribution in [0.25, 0.3) is 0 Å². The Labute approximate surface area is 160 Å². The fourth-order valence-corrected chi connectivity index (χ4v) is 3.33. The number of ether oxygens (including phenoxy) is 2. The average Bonchev–Trinajstić information content (AvgIpc) is 2.86. The van der Waals surface area contributed by atoms with E-state index < -0.39 is 5.82 Å². The lowest BCUT2D eigenvalue weighted by Crippen LogP contribution is -2.32. The highest BCUT2D eigenvalue weighted by Crippen LogP contribution is 2.34. The number of rotatable bonds is 4. The van der Waals surface area contributed by atoms with E-state index in [4.69, 9.17) is 9.47 Å². The zero-order chi connectivity index (χ0) is 18.7. The van der Waals surface area contributed by atoms with Crippen LogP contribution in [0.15, 0.2) is 40.9 Å². The lowest BCUT2D eigenvalue weighted by molar-refractivity contribution is 0.0924. The Balaban J connectivity index is 1.87. The highest BCUT2D eigenvalue weighted by atomic mass is 79.9. The number of hydrogen-bond donors (Lipinski definition) is 1. The average molecular weight is 422 g/mol. The molecule has 138 valence electrons. The SMILES string of the molecule is CC(C)C(NC(=O)c1cc(F)ccc1Br)c1ccc2c(c1)OCCCO2. The van der Waals surface area contributed by atoms with Gasteiger partial charge in [0.25, 0.3) is 5.91 Å². The zero-order valence-electron chi connectivity index (χ0n) is 14.7. The summed E-state index contributed by atoms with van der Waals surface area (Å²) in [7, 11) is 0. The Kier molecular flexibility index (Phi) is 5.81. The number of halogens is 2. The van der Waals surface area contributed by atoms with Crippen LogP contribution in [-0.4, -0.2) is 19.1 Å². The predicted molar refractivity (Wildman–Crippen MR) is 101 cm³/mol. The van der Waals surface area contributed by atoms with Crippen molar-refractivity contribution >= 4 is 21.8 Å². The summed E-state index contributed by atoms with van der Waals surface area (Å²) in [6.07, 6.45) is 0.835. The van der Waals surface area contributed by atoms with Gasteiger partial charge in [0.1, 0.15) is 5.82 Å². The van der Waals surface area contributed by atoms with E-state index in [0.717, 1.165) is 12.0 Å². The molecule has 6 heteroatoms. The van der Waals surface area contributed by atoms with E-state index in [9.17, 15) is 9.18 Å². The number of amides is 1. The minimum absolute atomic E-state index is 0.135. The smallest absolute Gasteiger partial charge is 0.253 e. The molecule has 26 heavy (non-hydrogen) atoms. The van der Waals surface area contributed by atoms with Crippen molar-refractivity contribution in [3.8, 4) is 11.5 Å². The molecule has 0 saturated carbocycles. The molecule has 0 bridgehead atoms. The van der Waals surface area contributed by atoms with Gasteiger partial charge < -0.3 is 14.8 Å². The first-order valence-corrected chi connectivity index (χ1v) is 9.40. The topological polar surface area (TPSA) is 47.6 Å². The number of hydrogen-bond acceptors (Lipinski definition) is 3. The fourth-order valence-electron chi connectivity index (χ4n) is 2.90. The van der Waals surface area contributed by atoms with Crippen molar-refractivity contribution in [2.45, 2.75) is 26.3 Å². The van der Waals surface area contributed by atoms with Gasteiger partial charge in [-0.25, -0.2) is 4.39 Å². The van der Waals surface area contributed by atoms with E-state index >= 15 is 0 Å². The first-order valence-electron chi connectivity index (χ1n) is 8.61. The highest BCUT2D eigenvalue weighted by Gasteiger charge is 2.22. The molecule has 2 aromatic rings. The summed E-state index contributed by atoms with van der Waals surface area (Å²) in [4.78, 5) is 12.7. The third-order valence-electron chi connectivity index (χ3n) is 4.26. The Morgan fingerprint density at radius 1 is 1.12 bits per heavy atom. The normalized spacial score (nSPS) is 14.7. The third kappa shape index (κ3) is 4.18. The molecule has 3 rings (SSSR count). The molecule has 0 saturated heterocycles. The van der Waals surface area contributed by atoms with Crippen molar-refractivity contribution in [3.05, 3.63) is 57.8 Å². The number of benzene rings is 2. The molecule has 1 atom stereocenters. The second kappa shape index (κ2) is 8.08. The van der Waals surface area contributed by atoms with Crippen molar-refractivity contribution in [1.29, 1.82) is 0 Å².